The number of carbonyl (C=O) groups is 1. The first-order valence-corrected chi connectivity index (χ1v) is 5.16. The second-order valence-corrected chi connectivity index (χ2v) is 3.61. The minimum Gasteiger partial charge on any atom is -0.462 e. The number of rotatable bonds is 4. The monoisotopic (exact) mass is 283 g/mol. The second kappa shape index (κ2) is 5.52. The van der Waals surface area contributed by atoms with Crippen LogP contribution in [0.4, 0.5) is 22.0 Å². The Hall–Kier alpha value is -1.70. The second-order valence-electron chi connectivity index (χ2n) is 3.61. The molecule has 0 aliphatic rings. The van der Waals surface area contributed by atoms with Gasteiger partial charge in [0.05, 0.1) is 6.61 Å². The molecule has 1 aromatic rings. The van der Waals surface area contributed by atoms with Gasteiger partial charge < -0.3 is 10.5 Å². The van der Waals surface area contributed by atoms with Crippen molar-refractivity contribution in [3.63, 3.8) is 0 Å². The fourth-order valence-corrected chi connectivity index (χ4v) is 1.35. The van der Waals surface area contributed by atoms with Crippen LogP contribution in [0.5, 0.6) is 0 Å². The zero-order valence-corrected chi connectivity index (χ0v) is 9.72. The van der Waals surface area contributed by atoms with Gasteiger partial charge in [-0.2, -0.15) is 8.78 Å². The molecule has 19 heavy (non-hydrogen) atoms. The van der Waals surface area contributed by atoms with Crippen molar-refractivity contribution in [2.24, 2.45) is 5.73 Å². The van der Waals surface area contributed by atoms with Gasteiger partial charge in [-0.05, 0) is 13.0 Å². The lowest BCUT2D eigenvalue weighted by atomic mass is 10.0. The van der Waals surface area contributed by atoms with Gasteiger partial charge >= 0.3 is 11.9 Å². The molecular weight excluding hydrogens is 273 g/mol. The van der Waals surface area contributed by atoms with E-state index in [0.717, 1.165) is 0 Å². The third kappa shape index (κ3) is 3.01. The van der Waals surface area contributed by atoms with Crippen molar-refractivity contribution in [3.05, 3.63) is 35.1 Å². The molecule has 8 heteroatoms. The minimum absolute atomic E-state index is 0.175. The molecule has 2 N–H and O–H groups in total. The number of benzene rings is 1. The van der Waals surface area contributed by atoms with Gasteiger partial charge in [0.1, 0.15) is 11.9 Å². The molecule has 0 aliphatic carbocycles. The van der Waals surface area contributed by atoms with Gasteiger partial charge in [0.25, 0.3) is 0 Å². The Morgan fingerprint density at radius 3 is 2.47 bits per heavy atom. The minimum atomic E-state index is -4.31. The Morgan fingerprint density at radius 1 is 1.37 bits per heavy atom. The SMILES string of the molecule is CCOC(=O)C(F)(F)[C@@H](N)c1cc(F)cc(F)c1F. The molecule has 0 saturated heterocycles. The first-order chi connectivity index (χ1) is 8.71. The normalized spacial score (nSPS) is 13.2. The molecule has 1 aromatic carbocycles. The molecule has 0 radical (unpaired) electrons. The van der Waals surface area contributed by atoms with Crippen LogP contribution < -0.4 is 5.73 Å². The highest BCUT2D eigenvalue weighted by atomic mass is 19.3. The van der Waals surface area contributed by atoms with Crippen LogP contribution in [0.15, 0.2) is 12.1 Å². The Bertz CT molecular complexity index is 492. The van der Waals surface area contributed by atoms with Crippen LogP contribution in [0, 0.1) is 17.5 Å². The molecule has 0 amide bonds. The maximum absolute atomic E-state index is 13.5. The molecule has 0 aliphatic heterocycles. The van der Waals surface area contributed by atoms with Crippen LogP contribution in [-0.2, 0) is 9.53 Å². The average Bonchev–Trinajstić information content (AvgIpc) is 2.33. The smallest absolute Gasteiger partial charge is 0.379 e. The summed E-state index contributed by atoms with van der Waals surface area (Å²) in [5.41, 5.74) is 3.88. The number of hydrogen-bond donors (Lipinski definition) is 1. The molecule has 0 fully saturated rings. The van der Waals surface area contributed by atoms with Gasteiger partial charge in [0.15, 0.2) is 11.6 Å². The summed E-state index contributed by atoms with van der Waals surface area (Å²) in [6, 6.07) is -2.08. The summed E-state index contributed by atoms with van der Waals surface area (Å²) in [4.78, 5) is 11.0. The van der Waals surface area contributed by atoms with Crippen LogP contribution in [0.3, 0.4) is 0 Å². The van der Waals surface area contributed by atoms with Crippen molar-refractivity contribution in [2.75, 3.05) is 6.61 Å². The fraction of sp³-hybridized carbons (Fsp3) is 0.364. The standard InChI is InChI=1S/C11H10F5NO2/c1-2-19-10(18)11(15,16)9(17)6-3-5(12)4-7(13)8(6)14/h3-4,9H,2,17H2,1H3/t9-/m0/s1. The Morgan fingerprint density at radius 2 is 1.95 bits per heavy atom. The maximum atomic E-state index is 13.5. The number of hydrogen-bond acceptors (Lipinski definition) is 3. The van der Waals surface area contributed by atoms with E-state index in [-0.39, 0.29) is 12.7 Å². The Balaban J connectivity index is 3.19. The third-order valence-electron chi connectivity index (χ3n) is 2.29. The quantitative estimate of drug-likeness (QED) is 0.524. The molecule has 1 rings (SSSR count). The van der Waals surface area contributed by atoms with E-state index in [9.17, 15) is 26.7 Å². The molecule has 0 heterocycles. The van der Waals surface area contributed by atoms with Crippen LogP contribution in [0.25, 0.3) is 0 Å². The number of ether oxygens (including phenoxy) is 1. The first kappa shape index (κ1) is 15.4. The predicted molar refractivity (Wildman–Crippen MR) is 54.8 cm³/mol. The van der Waals surface area contributed by atoms with Crippen LogP contribution in [0.1, 0.15) is 18.5 Å². The van der Waals surface area contributed by atoms with E-state index in [4.69, 9.17) is 5.73 Å². The summed E-state index contributed by atoms with van der Waals surface area (Å²) in [5.74, 6) is -11.0. The lowest BCUT2D eigenvalue weighted by Crippen LogP contribution is -2.42. The summed E-state index contributed by atoms with van der Waals surface area (Å²) >= 11 is 0. The van der Waals surface area contributed by atoms with E-state index in [2.05, 4.69) is 4.74 Å². The molecule has 106 valence electrons. The zero-order valence-electron chi connectivity index (χ0n) is 9.72. The number of esters is 1. The number of nitrogens with two attached hydrogens (primary N) is 1. The highest BCUT2D eigenvalue weighted by Crippen LogP contribution is 2.33. The van der Waals surface area contributed by atoms with Gasteiger partial charge in [-0.15, -0.1) is 0 Å². The van der Waals surface area contributed by atoms with Crippen LogP contribution in [0.2, 0.25) is 0 Å². The number of halogens is 5. The van der Waals surface area contributed by atoms with Crippen molar-refractivity contribution in [1.29, 1.82) is 0 Å². The topological polar surface area (TPSA) is 52.3 Å². The van der Waals surface area contributed by atoms with Crippen molar-refractivity contribution >= 4 is 5.97 Å². The average molecular weight is 283 g/mol. The Labute approximate surface area is 105 Å². The van der Waals surface area contributed by atoms with Crippen molar-refractivity contribution < 1.29 is 31.5 Å². The van der Waals surface area contributed by atoms with Crippen molar-refractivity contribution in [2.45, 2.75) is 18.9 Å². The highest BCUT2D eigenvalue weighted by Gasteiger charge is 2.49. The first-order valence-electron chi connectivity index (χ1n) is 5.16. The molecular formula is C11H10F5NO2. The largest absolute Gasteiger partial charge is 0.462 e. The fourth-order valence-electron chi connectivity index (χ4n) is 1.35. The molecule has 0 spiro atoms. The van der Waals surface area contributed by atoms with Gasteiger partial charge in [-0.3, -0.25) is 0 Å². The lowest BCUT2D eigenvalue weighted by molar-refractivity contribution is -0.174. The maximum Gasteiger partial charge on any atom is 0.379 e. The van der Waals surface area contributed by atoms with E-state index >= 15 is 0 Å². The summed E-state index contributed by atoms with van der Waals surface area (Å²) in [5, 5.41) is 0. The van der Waals surface area contributed by atoms with Gasteiger partial charge in [0, 0.05) is 11.6 Å². The third-order valence-corrected chi connectivity index (χ3v) is 2.29. The molecule has 0 aromatic heterocycles. The molecule has 0 bridgehead atoms. The zero-order chi connectivity index (χ0) is 14.8. The van der Waals surface area contributed by atoms with E-state index in [1.54, 1.807) is 0 Å². The summed E-state index contributed by atoms with van der Waals surface area (Å²) in [7, 11) is 0. The van der Waals surface area contributed by atoms with Crippen molar-refractivity contribution in [3.8, 4) is 0 Å². The van der Waals surface area contributed by atoms with E-state index in [1.165, 1.54) is 6.92 Å². The molecule has 1 atom stereocenters. The molecule has 3 nitrogen and oxygen atoms in total. The van der Waals surface area contributed by atoms with E-state index in [1.807, 2.05) is 0 Å². The van der Waals surface area contributed by atoms with Gasteiger partial charge in [-0.1, -0.05) is 0 Å². The van der Waals surface area contributed by atoms with E-state index in [0.29, 0.717) is 6.07 Å². The number of alkyl halides is 2. The summed E-state index contributed by atoms with van der Waals surface area (Å²) in [6.07, 6.45) is 0. The van der Waals surface area contributed by atoms with Gasteiger partial charge in [0.2, 0.25) is 0 Å². The van der Waals surface area contributed by atoms with Crippen molar-refractivity contribution in [1.82, 2.24) is 0 Å². The lowest BCUT2D eigenvalue weighted by Gasteiger charge is -2.22. The highest BCUT2D eigenvalue weighted by molar-refractivity contribution is 5.78. The Kier molecular flexibility index (Phi) is 4.46. The van der Waals surface area contributed by atoms with Crippen LogP contribution >= 0.6 is 0 Å². The number of carbonyl (C=O) groups excluding carboxylic acids is 1. The van der Waals surface area contributed by atoms with Gasteiger partial charge in [-0.25, -0.2) is 18.0 Å². The van der Waals surface area contributed by atoms with E-state index < -0.39 is 40.9 Å². The molecule has 0 saturated carbocycles. The predicted octanol–water partition coefficient (Wildman–Crippen LogP) is 2.30. The molecule has 0 unspecified atom stereocenters. The van der Waals surface area contributed by atoms with Crippen LogP contribution in [-0.4, -0.2) is 18.5 Å². The summed E-state index contributed by atoms with van der Waals surface area (Å²) < 4.78 is 70.2. The summed E-state index contributed by atoms with van der Waals surface area (Å²) in [6.45, 7) is 0.934.